The van der Waals surface area contributed by atoms with E-state index in [4.69, 9.17) is 19.9 Å². The maximum absolute atomic E-state index is 5.86. The van der Waals surface area contributed by atoms with E-state index in [-0.39, 0.29) is 6.04 Å². The number of hydrogen-bond donors (Lipinski definition) is 1. The van der Waals surface area contributed by atoms with Crippen molar-refractivity contribution in [3.05, 3.63) is 17.2 Å². The molecule has 0 fully saturated rings. The summed E-state index contributed by atoms with van der Waals surface area (Å²) in [6, 6.07) is 2.16. The Balaban J connectivity index is 2.64. The van der Waals surface area contributed by atoms with E-state index in [1.54, 1.807) is 21.3 Å². The molecule has 1 aromatic carbocycles. The molecule has 0 aliphatic carbocycles. The molecule has 100 valence electrons. The molecule has 18 heavy (non-hydrogen) atoms. The standard InChI is InChI=1S/C13H20N2O3/c1-15-7-8-5-10(16-2)12(17-3)13(18-4)11(8)9(15)6-14/h5,9H,6-7,14H2,1-4H3. The SMILES string of the molecule is COc1cc2c(c(OC)c1OC)C(CN)N(C)C2. The highest BCUT2D eigenvalue weighted by Gasteiger charge is 2.33. The molecule has 1 unspecified atom stereocenters. The third kappa shape index (κ3) is 1.79. The van der Waals surface area contributed by atoms with Crippen LogP contribution in [0, 0.1) is 0 Å². The monoisotopic (exact) mass is 252 g/mol. The van der Waals surface area contributed by atoms with E-state index in [2.05, 4.69) is 11.9 Å². The molecule has 0 saturated heterocycles. The summed E-state index contributed by atoms with van der Waals surface area (Å²) in [7, 11) is 6.94. The number of benzene rings is 1. The quantitative estimate of drug-likeness (QED) is 0.871. The van der Waals surface area contributed by atoms with Crippen LogP contribution in [0.5, 0.6) is 17.2 Å². The van der Waals surface area contributed by atoms with Gasteiger partial charge < -0.3 is 19.9 Å². The molecule has 0 radical (unpaired) electrons. The first kappa shape index (κ1) is 13.0. The first-order valence-electron chi connectivity index (χ1n) is 5.89. The van der Waals surface area contributed by atoms with Crippen LogP contribution < -0.4 is 19.9 Å². The van der Waals surface area contributed by atoms with Crippen LogP contribution in [0.1, 0.15) is 17.2 Å². The summed E-state index contributed by atoms with van der Waals surface area (Å²) in [6.45, 7) is 1.39. The van der Waals surface area contributed by atoms with E-state index >= 15 is 0 Å². The molecule has 0 saturated carbocycles. The lowest BCUT2D eigenvalue weighted by Crippen LogP contribution is -2.24. The molecule has 5 nitrogen and oxygen atoms in total. The van der Waals surface area contributed by atoms with Crippen LogP contribution in [0.25, 0.3) is 0 Å². The summed E-state index contributed by atoms with van der Waals surface area (Å²) < 4.78 is 16.3. The fraction of sp³-hybridized carbons (Fsp3) is 0.538. The van der Waals surface area contributed by atoms with Gasteiger partial charge in [-0.25, -0.2) is 0 Å². The minimum absolute atomic E-state index is 0.162. The zero-order valence-electron chi connectivity index (χ0n) is 11.3. The lowest BCUT2D eigenvalue weighted by Gasteiger charge is -2.21. The smallest absolute Gasteiger partial charge is 0.203 e. The summed E-state index contributed by atoms with van der Waals surface area (Å²) >= 11 is 0. The molecular weight excluding hydrogens is 232 g/mol. The van der Waals surface area contributed by atoms with Crippen molar-refractivity contribution in [2.24, 2.45) is 5.73 Å². The average Bonchev–Trinajstić information content (AvgIpc) is 2.71. The Morgan fingerprint density at radius 3 is 2.39 bits per heavy atom. The van der Waals surface area contributed by atoms with Gasteiger partial charge in [0.1, 0.15) is 0 Å². The zero-order chi connectivity index (χ0) is 13.3. The molecule has 0 spiro atoms. The van der Waals surface area contributed by atoms with Crippen molar-refractivity contribution in [3.8, 4) is 17.2 Å². The summed E-state index contributed by atoms with van der Waals surface area (Å²) in [4.78, 5) is 2.20. The lowest BCUT2D eigenvalue weighted by atomic mass is 10.0. The van der Waals surface area contributed by atoms with E-state index in [1.165, 1.54) is 5.56 Å². The van der Waals surface area contributed by atoms with Gasteiger partial charge in [-0.2, -0.15) is 0 Å². The van der Waals surface area contributed by atoms with Crippen LogP contribution in [0.15, 0.2) is 6.07 Å². The van der Waals surface area contributed by atoms with Crippen molar-refractivity contribution in [2.75, 3.05) is 34.9 Å². The van der Waals surface area contributed by atoms with Crippen LogP contribution in [-0.2, 0) is 6.54 Å². The number of nitrogens with zero attached hydrogens (tertiary/aromatic N) is 1. The fourth-order valence-electron chi connectivity index (χ4n) is 2.62. The Morgan fingerprint density at radius 1 is 1.22 bits per heavy atom. The van der Waals surface area contributed by atoms with E-state index in [0.29, 0.717) is 18.0 Å². The lowest BCUT2D eigenvalue weighted by molar-refractivity contribution is 0.267. The van der Waals surface area contributed by atoms with Gasteiger partial charge in [0.05, 0.1) is 27.4 Å². The van der Waals surface area contributed by atoms with Crippen molar-refractivity contribution in [3.63, 3.8) is 0 Å². The van der Waals surface area contributed by atoms with Gasteiger partial charge in [0.15, 0.2) is 11.5 Å². The van der Waals surface area contributed by atoms with Gasteiger partial charge >= 0.3 is 0 Å². The Morgan fingerprint density at radius 2 is 1.89 bits per heavy atom. The van der Waals surface area contributed by atoms with Crippen molar-refractivity contribution in [1.29, 1.82) is 0 Å². The molecule has 0 amide bonds. The highest BCUT2D eigenvalue weighted by atomic mass is 16.5. The van der Waals surface area contributed by atoms with E-state index in [1.807, 2.05) is 6.07 Å². The number of likely N-dealkylation sites (N-methyl/N-ethyl adjacent to an activating group) is 1. The van der Waals surface area contributed by atoms with E-state index in [9.17, 15) is 0 Å². The molecular formula is C13H20N2O3. The maximum Gasteiger partial charge on any atom is 0.203 e. The van der Waals surface area contributed by atoms with Crippen molar-refractivity contribution in [1.82, 2.24) is 4.90 Å². The molecule has 5 heteroatoms. The second kappa shape index (κ2) is 5.04. The van der Waals surface area contributed by atoms with Crippen molar-refractivity contribution in [2.45, 2.75) is 12.6 Å². The normalized spacial score (nSPS) is 18.6. The number of hydrogen-bond acceptors (Lipinski definition) is 5. The Labute approximate surface area is 107 Å². The van der Waals surface area contributed by atoms with Gasteiger partial charge in [0.25, 0.3) is 0 Å². The fourth-order valence-corrected chi connectivity index (χ4v) is 2.62. The van der Waals surface area contributed by atoms with Gasteiger partial charge in [-0.15, -0.1) is 0 Å². The summed E-state index contributed by atoms with van der Waals surface area (Å²) in [6.07, 6.45) is 0. The second-order valence-corrected chi connectivity index (χ2v) is 4.38. The minimum Gasteiger partial charge on any atom is -0.493 e. The molecule has 1 atom stereocenters. The third-order valence-electron chi connectivity index (χ3n) is 3.46. The summed E-state index contributed by atoms with van der Waals surface area (Å²) in [5.74, 6) is 2.05. The molecule has 1 heterocycles. The van der Waals surface area contributed by atoms with Gasteiger partial charge in [0, 0.05) is 18.7 Å². The van der Waals surface area contributed by atoms with E-state index in [0.717, 1.165) is 17.9 Å². The van der Waals surface area contributed by atoms with Crippen LogP contribution in [0.2, 0.25) is 0 Å². The predicted octanol–water partition coefficient (Wildman–Crippen LogP) is 1.16. The van der Waals surface area contributed by atoms with Gasteiger partial charge in [-0.1, -0.05) is 0 Å². The van der Waals surface area contributed by atoms with E-state index < -0.39 is 0 Å². The number of rotatable bonds is 4. The zero-order valence-corrected chi connectivity index (χ0v) is 11.3. The molecule has 1 aromatic rings. The number of fused-ring (bicyclic) bond motifs is 1. The largest absolute Gasteiger partial charge is 0.493 e. The third-order valence-corrected chi connectivity index (χ3v) is 3.46. The Kier molecular flexibility index (Phi) is 3.63. The van der Waals surface area contributed by atoms with Crippen LogP contribution in [0.4, 0.5) is 0 Å². The summed E-state index contributed by atoms with van der Waals surface area (Å²) in [5, 5.41) is 0. The molecule has 2 N–H and O–H groups in total. The molecule has 2 rings (SSSR count). The predicted molar refractivity (Wildman–Crippen MR) is 69.4 cm³/mol. The van der Waals surface area contributed by atoms with Gasteiger partial charge in [-0.3, -0.25) is 4.90 Å². The van der Waals surface area contributed by atoms with Crippen LogP contribution in [0.3, 0.4) is 0 Å². The van der Waals surface area contributed by atoms with Crippen molar-refractivity contribution >= 4 is 0 Å². The van der Waals surface area contributed by atoms with Crippen LogP contribution in [-0.4, -0.2) is 39.8 Å². The van der Waals surface area contributed by atoms with Gasteiger partial charge in [-0.05, 0) is 18.7 Å². The summed E-state index contributed by atoms with van der Waals surface area (Å²) in [5.41, 5.74) is 8.15. The first-order chi connectivity index (χ1) is 8.67. The molecule has 0 aromatic heterocycles. The number of methoxy groups -OCH3 is 3. The Hall–Kier alpha value is -1.46. The highest BCUT2D eigenvalue weighted by Crippen LogP contribution is 2.48. The highest BCUT2D eigenvalue weighted by molar-refractivity contribution is 5.61. The topological polar surface area (TPSA) is 57.0 Å². The Bertz CT molecular complexity index is 448. The first-order valence-corrected chi connectivity index (χ1v) is 5.89. The van der Waals surface area contributed by atoms with Crippen molar-refractivity contribution < 1.29 is 14.2 Å². The molecule has 1 aliphatic heterocycles. The number of nitrogens with two attached hydrogens (primary N) is 1. The second-order valence-electron chi connectivity index (χ2n) is 4.38. The van der Waals surface area contributed by atoms with Crippen LogP contribution >= 0.6 is 0 Å². The van der Waals surface area contributed by atoms with Gasteiger partial charge in [0.2, 0.25) is 5.75 Å². The molecule has 1 aliphatic rings. The maximum atomic E-state index is 5.86. The molecule has 0 bridgehead atoms. The number of ether oxygens (including phenoxy) is 3. The minimum atomic E-state index is 0.162. The average molecular weight is 252 g/mol.